The zero-order chi connectivity index (χ0) is 15.4. The number of carbonyl (C=O) groups is 1. The largest absolute Gasteiger partial charge is 0.330 e. The maximum Gasteiger partial charge on any atom is 0.269 e. The van der Waals surface area contributed by atoms with Crippen LogP contribution in [0.15, 0.2) is 24.3 Å². The lowest BCUT2D eigenvalue weighted by molar-refractivity contribution is -0.384. The highest BCUT2D eigenvalue weighted by Crippen LogP contribution is 2.30. The number of hydrogen-bond acceptors (Lipinski definition) is 4. The Hall–Kier alpha value is -1.95. The summed E-state index contributed by atoms with van der Waals surface area (Å²) in [6.45, 7) is 0.694. The first-order valence-electron chi connectivity index (χ1n) is 7.25. The van der Waals surface area contributed by atoms with Gasteiger partial charge in [0.15, 0.2) is 0 Å². The Kier molecular flexibility index (Phi) is 4.90. The smallest absolute Gasteiger partial charge is 0.269 e. The molecule has 0 spiro atoms. The summed E-state index contributed by atoms with van der Waals surface area (Å²) in [6, 6.07) is 6.07. The third kappa shape index (κ3) is 3.58. The lowest BCUT2D eigenvalue weighted by Crippen LogP contribution is -2.35. The van der Waals surface area contributed by atoms with E-state index in [-0.39, 0.29) is 17.5 Å². The van der Waals surface area contributed by atoms with Crippen molar-refractivity contribution in [1.29, 1.82) is 0 Å². The summed E-state index contributed by atoms with van der Waals surface area (Å²) in [5.74, 6) is 0.658. The summed E-state index contributed by atoms with van der Waals surface area (Å²) in [7, 11) is 1.72. The predicted octanol–water partition coefficient (Wildman–Crippen LogP) is 2.32. The van der Waals surface area contributed by atoms with Gasteiger partial charge in [-0.1, -0.05) is 0 Å². The molecule has 1 saturated carbocycles. The molecule has 1 aromatic carbocycles. The molecule has 1 aliphatic carbocycles. The number of rotatable bonds is 4. The third-order valence-electron chi connectivity index (χ3n) is 4.31. The van der Waals surface area contributed by atoms with Gasteiger partial charge in [-0.25, -0.2) is 0 Å². The van der Waals surface area contributed by atoms with Crippen molar-refractivity contribution in [2.45, 2.75) is 25.7 Å². The van der Waals surface area contributed by atoms with Crippen LogP contribution in [0.1, 0.15) is 25.7 Å². The quantitative estimate of drug-likeness (QED) is 0.681. The first-order chi connectivity index (χ1) is 10.0. The number of amides is 1. The molecule has 6 nitrogen and oxygen atoms in total. The van der Waals surface area contributed by atoms with Gasteiger partial charge in [-0.3, -0.25) is 14.9 Å². The van der Waals surface area contributed by atoms with Crippen LogP contribution in [0.25, 0.3) is 0 Å². The number of nitro groups is 1. The molecule has 2 N–H and O–H groups in total. The summed E-state index contributed by atoms with van der Waals surface area (Å²) in [6.07, 6.45) is 3.75. The first kappa shape index (κ1) is 15.4. The second-order valence-electron chi connectivity index (χ2n) is 5.62. The molecule has 0 aromatic heterocycles. The van der Waals surface area contributed by atoms with Crippen LogP contribution in [0.3, 0.4) is 0 Å². The Morgan fingerprint density at radius 3 is 2.33 bits per heavy atom. The Labute approximate surface area is 124 Å². The van der Waals surface area contributed by atoms with Crippen molar-refractivity contribution in [3.05, 3.63) is 34.4 Å². The third-order valence-corrected chi connectivity index (χ3v) is 4.31. The van der Waals surface area contributed by atoms with Crippen molar-refractivity contribution in [2.24, 2.45) is 17.6 Å². The number of benzene rings is 1. The van der Waals surface area contributed by atoms with Gasteiger partial charge in [-0.15, -0.1) is 0 Å². The van der Waals surface area contributed by atoms with Gasteiger partial charge in [-0.2, -0.15) is 0 Å². The standard InChI is InChI=1S/C15H21N3O3/c1-17(13-6-8-14(9-7-13)18(20)21)15(19)12-4-2-11(10-16)3-5-12/h6-9,11-12H,2-5,10,16H2,1H3. The molecule has 1 fully saturated rings. The molecule has 1 aromatic rings. The highest BCUT2D eigenvalue weighted by atomic mass is 16.6. The summed E-state index contributed by atoms with van der Waals surface area (Å²) in [5.41, 5.74) is 6.38. The van der Waals surface area contributed by atoms with E-state index in [9.17, 15) is 14.9 Å². The molecule has 6 heteroatoms. The zero-order valence-corrected chi connectivity index (χ0v) is 12.2. The highest BCUT2D eigenvalue weighted by molar-refractivity contribution is 5.94. The van der Waals surface area contributed by atoms with E-state index in [2.05, 4.69) is 0 Å². The van der Waals surface area contributed by atoms with Gasteiger partial charge < -0.3 is 10.6 Å². The number of carbonyl (C=O) groups excluding carboxylic acids is 1. The van der Waals surface area contributed by atoms with E-state index in [1.54, 1.807) is 24.1 Å². The molecule has 0 atom stereocenters. The number of nitrogens with zero attached hydrogens (tertiary/aromatic N) is 2. The average molecular weight is 291 g/mol. The molecule has 0 saturated heterocycles. The molecule has 1 amide bonds. The van der Waals surface area contributed by atoms with Crippen LogP contribution >= 0.6 is 0 Å². The fourth-order valence-electron chi connectivity index (χ4n) is 2.84. The summed E-state index contributed by atoms with van der Waals surface area (Å²) in [4.78, 5) is 24.3. The topological polar surface area (TPSA) is 89.5 Å². The lowest BCUT2D eigenvalue weighted by atomic mass is 9.81. The van der Waals surface area contributed by atoms with Gasteiger partial charge in [0.05, 0.1) is 4.92 Å². The van der Waals surface area contributed by atoms with Crippen LogP contribution in [0.5, 0.6) is 0 Å². The second kappa shape index (κ2) is 6.67. The fraction of sp³-hybridized carbons (Fsp3) is 0.533. The van der Waals surface area contributed by atoms with E-state index in [0.717, 1.165) is 25.7 Å². The lowest BCUT2D eigenvalue weighted by Gasteiger charge is -2.30. The van der Waals surface area contributed by atoms with Crippen LogP contribution in [0.2, 0.25) is 0 Å². The molecule has 0 bridgehead atoms. The van der Waals surface area contributed by atoms with Crippen LogP contribution in [0.4, 0.5) is 11.4 Å². The van der Waals surface area contributed by atoms with Gasteiger partial charge in [-0.05, 0) is 50.3 Å². The normalized spacial score (nSPS) is 21.8. The molecule has 21 heavy (non-hydrogen) atoms. The monoisotopic (exact) mass is 291 g/mol. The summed E-state index contributed by atoms with van der Waals surface area (Å²) < 4.78 is 0. The van der Waals surface area contributed by atoms with Crippen molar-refractivity contribution >= 4 is 17.3 Å². The van der Waals surface area contributed by atoms with E-state index in [1.165, 1.54) is 12.1 Å². The SMILES string of the molecule is CN(C(=O)C1CCC(CN)CC1)c1ccc([N+](=O)[O-])cc1. The molecular formula is C15H21N3O3. The molecule has 0 unspecified atom stereocenters. The molecule has 114 valence electrons. The number of anilines is 1. The predicted molar refractivity (Wildman–Crippen MR) is 81.0 cm³/mol. The minimum atomic E-state index is -0.445. The molecule has 0 heterocycles. The average Bonchev–Trinajstić information content (AvgIpc) is 2.53. The molecular weight excluding hydrogens is 270 g/mol. The van der Waals surface area contributed by atoms with Crippen molar-refractivity contribution < 1.29 is 9.72 Å². The molecule has 2 rings (SSSR count). The van der Waals surface area contributed by atoms with Crippen molar-refractivity contribution in [3.8, 4) is 0 Å². The first-order valence-corrected chi connectivity index (χ1v) is 7.25. The van der Waals surface area contributed by atoms with Gasteiger partial charge in [0.25, 0.3) is 5.69 Å². The number of nitrogens with two attached hydrogens (primary N) is 1. The van der Waals surface area contributed by atoms with E-state index in [1.807, 2.05) is 0 Å². The zero-order valence-electron chi connectivity index (χ0n) is 12.2. The Bertz CT molecular complexity index is 507. The van der Waals surface area contributed by atoms with E-state index in [4.69, 9.17) is 5.73 Å². The van der Waals surface area contributed by atoms with Crippen LogP contribution in [0, 0.1) is 22.0 Å². The van der Waals surface area contributed by atoms with Crippen molar-refractivity contribution in [2.75, 3.05) is 18.5 Å². The molecule has 1 aliphatic rings. The molecule has 0 aliphatic heterocycles. The summed E-state index contributed by atoms with van der Waals surface area (Å²) in [5, 5.41) is 10.6. The van der Waals surface area contributed by atoms with Crippen molar-refractivity contribution in [1.82, 2.24) is 0 Å². The Balaban J connectivity index is 2.00. The number of hydrogen-bond donors (Lipinski definition) is 1. The fourth-order valence-corrected chi connectivity index (χ4v) is 2.84. The number of non-ortho nitro benzene ring substituents is 1. The van der Waals surface area contributed by atoms with Crippen molar-refractivity contribution in [3.63, 3.8) is 0 Å². The van der Waals surface area contributed by atoms with Gasteiger partial charge in [0.2, 0.25) is 5.91 Å². The highest BCUT2D eigenvalue weighted by Gasteiger charge is 2.28. The van der Waals surface area contributed by atoms with E-state index in [0.29, 0.717) is 18.2 Å². The van der Waals surface area contributed by atoms with E-state index >= 15 is 0 Å². The van der Waals surface area contributed by atoms with Gasteiger partial charge >= 0.3 is 0 Å². The van der Waals surface area contributed by atoms with Crippen LogP contribution < -0.4 is 10.6 Å². The minimum Gasteiger partial charge on any atom is -0.330 e. The Morgan fingerprint density at radius 2 is 1.86 bits per heavy atom. The Morgan fingerprint density at radius 1 is 1.29 bits per heavy atom. The van der Waals surface area contributed by atoms with Gasteiger partial charge in [0.1, 0.15) is 0 Å². The second-order valence-corrected chi connectivity index (χ2v) is 5.62. The van der Waals surface area contributed by atoms with E-state index < -0.39 is 4.92 Å². The van der Waals surface area contributed by atoms with Crippen LogP contribution in [-0.4, -0.2) is 24.4 Å². The maximum atomic E-state index is 12.5. The maximum absolute atomic E-state index is 12.5. The minimum absolute atomic E-state index is 0.0306. The van der Waals surface area contributed by atoms with Gasteiger partial charge in [0, 0.05) is 30.8 Å². The molecule has 0 radical (unpaired) electrons. The van der Waals surface area contributed by atoms with Crippen LogP contribution in [-0.2, 0) is 4.79 Å². The summed E-state index contributed by atoms with van der Waals surface area (Å²) >= 11 is 0. The number of nitro benzene ring substituents is 1.